The Morgan fingerprint density at radius 1 is 1.32 bits per heavy atom. The van der Waals surface area contributed by atoms with Crippen molar-refractivity contribution in [1.29, 1.82) is 0 Å². The number of ether oxygens (including phenoxy) is 1. The number of nitrogens with zero attached hydrogens (tertiary/aromatic N) is 8. The van der Waals surface area contributed by atoms with E-state index in [1.54, 1.807) is 4.57 Å². The zero-order valence-electron chi connectivity index (χ0n) is 22.0. The normalized spacial score (nSPS) is 28.3. The van der Waals surface area contributed by atoms with Crippen LogP contribution in [0.1, 0.15) is 18.0 Å². The Balaban J connectivity index is 0.00000123. The van der Waals surface area contributed by atoms with Crippen molar-refractivity contribution in [2.45, 2.75) is 47.8 Å². The Morgan fingerprint density at radius 3 is 2.80 bits per heavy atom. The summed E-state index contributed by atoms with van der Waals surface area (Å²) in [7, 11) is -0.139. The molecule has 19 nitrogen and oxygen atoms in total. The number of nitrogens with two attached hydrogens (primary N) is 2. The van der Waals surface area contributed by atoms with Crippen molar-refractivity contribution in [3.8, 4) is 0 Å². The van der Waals surface area contributed by atoms with Crippen LogP contribution in [0, 0.1) is 0 Å². The summed E-state index contributed by atoms with van der Waals surface area (Å²) in [6.07, 6.45) is -4.34. The predicted octanol–water partition coefficient (Wildman–Crippen LogP) is -0.147. The summed E-state index contributed by atoms with van der Waals surface area (Å²) < 4.78 is 43.3. The highest BCUT2D eigenvalue weighted by molar-refractivity contribution is 8.33. The van der Waals surface area contributed by atoms with Gasteiger partial charge in [-0.15, -0.1) is 16.9 Å². The van der Waals surface area contributed by atoms with Crippen LogP contribution >= 0.6 is 38.4 Å². The zero-order chi connectivity index (χ0) is 31.8. The number of nitrogen functional groups attached to an aromatic ring is 2. The van der Waals surface area contributed by atoms with Gasteiger partial charge in [0.05, 0.1) is 25.6 Å². The molecule has 8 atom stereocenters. The fourth-order valence-electron chi connectivity index (χ4n) is 4.66. The number of anilines is 2. The van der Waals surface area contributed by atoms with Crippen LogP contribution in [0.3, 0.4) is 0 Å². The molecule has 2 fully saturated rings. The second kappa shape index (κ2) is 13.5. The average Bonchev–Trinajstić information content (AvgIpc) is 3.74. The number of halogens is 1. The van der Waals surface area contributed by atoms with E-state index in [0.717, 1.165) is 11.0 Å². The molecular weight excluding hydrogens is 687 g/mol. The molecule has 44 heavy (non-hydrogen) atoms. The maximum atomic E-state index is 15.1. The molecule has 2 saturated heterocycles. The van der Waals surface area contributed by atoms with Gasteiger partial charge in [0, 0.05) is 5.25 Å². The van der Waals surface area contributed by atoms with E-state index in [1.165, 1.54) is 18.1 Å². The van der Waals surface area contributed by atoms with E-state index in [1.807, 2.05) is 0 Å². The first-order valence-corrected chi connectivity index (χ1v) is 17.9. The lowest BCUT2D eigenvalue weighted by atomic mass is 10.1. The minimum absolute atomic E-state index is 0.0368. The summed E-state index contributed by atoms with van der Waals surface area (Å²) in [5.41, 5.74) is 11.4. The van der Waals surface area contributed by atoms with Gasteiger partial charge in [-0.25, -0.2) is 19.3 Å². The molecule has 0 radical (unpaired) electrons. The number of imidazole rings is 1. The molecule has 4 aromatic heterocycles. The highest BCUT2D eigenvalue weighted by atomic mass is 32.7. The molecule has 2 aliphatic rings. The number of rotatable bonds is 8. The van der Waals surface area contributed by atoms with Gasteiger partial charge in [-0.1, -0.05) is 17.5 Å². The van der Waals surface area contributed by atoms with E-state index in [9.17, 15) is 19.9 Å². The maximum absolute atomic E-state index is 15.1. The number of hydrogen-bond donors (Lipinski definition) is 7. The summed E-state index contributed by atoms with van der Waals surface area (Å²) in [5.74, 6) is -0.0804. The summed E-state index contributed by atoms with van der Waals surface area (Å²) in [4.78, 5) is 41.5. The van der Waals surface area contributed by atoms with Gasteiger partial charge >= 0.3 is 6.72 Å². The number of aliphatic hydroxyl groups excluding tert-OH is 2. The van der Waals surface area contributed by atoms with Crippen LogP contribution in [-0.4, -0.2) is 103 Å². The van der Waals surface area contributed by atoms with Crippen LogP contribution in [0.15, 0.2) is 17.4 Å². The number of H-pyrrole nitrogens is 1. The molecule has 6 heterocycles. The van der Waals surface area contributed by atoms with Crippen molar-refractivity contribution in [2.24, 2.45) is 0 Å². The number of aromatic nitrogens is 9. The van der Waals surface area contributed by atoms with Crippen LogP contribution in [-0.2, 0) is 30.2 Å². The zero-order valence-corrected chi connectivity index (χ0v) is 26.3. The van der Waals surface area contributed by atoms with E-state index in [-0.39, 0.29) is 60.0 Å². The largest absolute Gasteiger partial charge is 0.395 e. The number of thiol groups is 1. The van der Waals surface area contributed by atoms with Gasteiger partial charge in [0.15, 0.2) is 40.5 Å². The first-order chi connectivity index (χ1) is 21.0. The highest BCUT2D eigenvalue weighted by Gasteiger charge is 2.48. The Morgan fingerprint density at radius 2 is 2.07 bits per heavy atom. The Bertz CT molecular complexity index is 1770. The lowest BCUT2D eigenvalue weighted by Gasteiger charge is -2.26. The third kappa shape index (κ3) is 6.58. The van der Waals surface area contributed by atoms with Crippen LogP contribution in [0.5, 0.6) is 0 Å². The van der Waals surface area contributed by atoms with Gasteiger partial charge in [0.1, 0.15) is 23.9 Å². The molecule has 2 aliphatic heterocycles. The molecule has 6 rings (SSSR count). The third-order valence-corrected chi connectivity index (χ3v) is 9.69. The summed E-state index contributed by atoms with van der Waals surface area (Å²) >= 11 is 9.71. The van der Waals surface area contributed by atoms with E-state index in [4.69, 9.17) is 41.6 Å². The van der Waals surface area contributed by atoms with Gasteiger partial charge in [-0.3, -0.25) is 18.9 Å². The number of alkyl halides is 1. The summed E-state index contributed by atoms with van der Waals surface area (Å²) in [6, 6.07) is 0. The number of aromatic amines is 1. The number of nitrogens with one attached hydrogen (secondary N) is 1. The second-order valence-corrected chi connectivity index (χ2v) is 14.2. The molecule has 0 aromatic carbocycles. The van der Waals surface area contributed by atoms with Crippen molar-refractivity contribution < 1.29 is 37.8 Å². The van der Waals surface area contributed by atoms with Crippen molar-refractivity contribution in [3.05, 3.63) is 23.0 Å². The maximum Gasteiger partial charge on any atom is 0.324 e. The standard InChI is InChI=1S/C19H23FN11O7PS2.HOPS/c20-9-12(33)8(37-17(9)31-14-10(28-29-31)13(21)23-4-24-14)3-36-39(35,40)38-7-1-6(2-32)41-18(7)30-5-25-11-15(30)26-19(22)27-16(11)34;1-2-3/h4-9,12,17-18,32-33H,1-3H2,(H,35,40)(H2,21,23,24)(H3,22,26,27,34);(H,1,3)/t6-,7+,8+,9-,12+,17+,18+,39?;/m0./s1. The van der Waals surface area contributed by atoms with Crippen molar-refractivity contribution in [3.63, 3.8) is 0 Å². The molecule has 1 unspecified atom stereocenters. The monoisotopic (exact) mass is 711 g/mol. The molecule has 0 aliphatic carbocycles. The van der Waals surface area contributed by atoms with Crippen LogP contribution < -0.4 is 17.0 Å². The van der Waals surface area contributed by atoms with E-state index in [2.05, 4.69) is 47.5 Å². The molecule has 4 aromatic rings. The predicted molar refractivity (Wildman–Crippen MR) is 161 cm³/mol. The fraction of sp³-hybridized carbons (Fsp3) is 0.526. The van der Waals surface area contributed by atoms with E-state index >= 15 is 4.39 Å². The van der Waals surface area contributed by atoms with Crippen molar-refractivity contribution in [2.75, 3.05) is 24.7 Å². The van der Waals surface area contributed by atoms with Crippen molar-refractivity contribution in [1.82, 2.24) is 44.5 Å². The smallest absolute Gasteiger partial charge is 0.324 e. The Hall–Kier alpha value is -2.43. The lowest BCUT2D eigenvalue weighted by Crippen LogP contribution is -2.31. The average molecular weight is 712 g/mol. The van der Waals surface area contributed by atoms with E-state index < -0.39 is 55.0 Å². The topological polar surface area (TPSA) is 278 Å². The molecule has 0 spiro atoms. The highest BCUT2D eigenvalue weighted by Crippen LogP contribution is 2.53. The molecule has 8 N–H and O–H groups in total. The molecule has 238 valence electrons. The first-order valence-electron chi connectivity index (χ1n) is 12.4. The quantitative estimate of drug-likeness (QED) is 0.0924. The van der Waals surface area contributed by atoms with Crippen molar-refractivity contribution >= 4 is 84.3 Å². The molecule has 0 saturated carbocycles. The first kappa shape index (κ1) is 32.9. The van der Waals surface area contributed by atoms with Gasteiger partial charge in [-0.2, -0.15) is 9.67 Å². The number of fused-ring (bicyclic) bond motifs is 2. The third-order valence-electron chi connectivity index (χ3n) is 6.57. The summed E-state index contributed by atoms with van der Waals surface area (Å²) in [6.45, 7) is -4.74. The van der Waals surface area contributed by atoms with E-state index in [0.29, 0.717) is 0 Å². The van der Waals surface area contributed by atoms with Gasteiger partial charge in [0.25, 0.3) is 5.56 Å². The molecule has 0 bridgehead atoms. The van der Waals surface area contributed by atoms with Gasteiger partial charge in [-0.05, 0) is 18.2 Å². The molecular formula is C19H24FN11O8P2S3. The second-order valence-electron chi connectivity index (χ2n) is 9.30. The minimum atomic E-state index is -4.02. The lowest BCUT2D eigenvalue weighted by molar-refractivity contribution is -0.0501. The fourth-order valence-corrected chi connectivity index (χ4v) is 7.61. The van der Waals surface area contributed by atoms with Gasteiger partial charge < -0.3 is 40.4 Å². The van der Waals surface area contributed by atoms with Gasteiger partial charge in [0.2, 0.25) is 13.6 Å². The Labute approximate surface area is 261 Å². The van der Waals surface area contributed by atoms with Crippen LogP contribution in [0.4, 0.5) is 16.2 Å². The Kier molecular flexibility index (Phi) is 10.1. The number of aliphatic hydroxyl groups is 2. The number of hydrogen-bond acceptors (Lipinski definition) is 17. The van der Waals surface area contributed by atoms with Crippen LogP contribution in [0.2, 0.25) is 0 Å². The SMILES string of the molecule is Nc1nc2c(ncn2[C@@H]2S[C@H](CO)C[C@H]2OP(O)(=S)OC[C@H]2O[C@@H](n3nnc4c(N)ncnc43)[C@@H](F)[C@@H]2O)c(=O)[nH]1.O=PS. The molecule has 0 amide bonds. The summed E-state index contributed by atoms with van der Waals surface area (Å²) in [5, 5.41) is 27.0. The number of thioether (sulfide) groups is 1. The molecule has 25 heteroatoms. The van der Waals surface area contributed by atoms with Crippen LogP contribution in [0.25, 0.3) is 22.3 Å². The minimum Gasteiger partial charge on any atom is -0.395 e.